The molecule has 0 radical (unpaired) electrons. The smallest absolute Gasteiger partial charge is 0.255 e. The number of nitrogens with two attached hydrogens (primary N) is 1. The molecule has 1 fully saturated rings. The number of carbonyl (C=O) groups is 1. The highest BCUT2D eigenvalue weighted by Crippen LogP contribution is 2.26. The number of thioether (sulfide) groups is 1. The number of hydrogen-bond donors (Lipinski definition) is 2. The first-order chi connectivity index (χ1) is 8.72. The van der Waals surface area contributed by atoms with Gasteiger partial charge in [0, 0.05) is 6.54 Å². The predicted octanol–water partition coefficient (Wildman–Crippen LogP) is 1.52. The monoisotopic (exact) mass is 324 g/mol. The Balaban J connectivity index is 0.00000180. The van der Waals surface area contributed by atoms with Gasteiger partial charge in [0.1, 0.15) is 6.10 Å². The van der Waals surface area contributed by atoms with Crippen LogP contribution in [0.1, 0.15) is 19.8 Å². The van der Waals surface area contributed by atoms with E-state index in [0.29, 0.717) is 18.1 Å². The Hall–Kier alpha value is -0.410. The van der Waals surface area contributed by atoms with E-state index in [9.17, 15) is 4.79 Å². The maximum Gasteiger partial charge on any atom is 0.255 e. The molecule has 1 saturated heterocycles. The zero-order valence-corrected chi connectivity index (χ0v) is 12.9. The van der Waals surface area contributed by atoms with Gasteiger partial charge >= 0.3 is 0 Å². The molecule has 0 spiro atoms. The van der Waals surface area contributed by atoms with Crippen LogP contribution in [0.2, 0.25) is 0 Å². The predicted molar refractivity (Wildman–Crippen MR) is 79.1 cm³/mol. The van der Waals surface area contributed by atoms with Gasteiger partial charge in [-0.25, -0.2) is 0 Å². The normalized spacial score (nSPS) is 22.0. The summed E-state index contributed by atoms with van der Waals surface area (Å²) in [5, 5.41) is 11.2. The van der Waals surface area contributed by atoms with Crippen molar-refractivity contribution in [1.29, 1.82) is 0 Å². The van der Waals surface area contributed by atoms with Crippen LogP contribution in [0.5, 0.6) is 0 Å². The molecule has 6 nitrogen and oxygen atoms in total. The van der Waals surface area contributed by atoms with Crippen molar-refractivity contribution < 1.29 is 9.53 Å². The molecule has 0 bridgehead atoms. The van der Waals surface area contributed by atoms with Gasteiger partial charge in [-0.05, 0) is 18.6 Å². The molecular weight excluding hydrogens is 308 g/mol. The van der Waals surface area contributed by atoms with Crippen molar-refractivity contribution in [2.45, 2.75) is 36.3 Å². The number of hydrogen-bond acceptors (Lipinski definition) is 7. The third kappa shape index (κ3) is 4.57. The summed E-state index contributed by atoms with van der Waals surface area (Å²) in [6, 6.07) is 0. The van der Waals surface area contributed by atoms with Crippen LogP contribution in [0.15, 0.2) is 4.34 Å². The lowest BCUT2D eigenvalue weighted by atomic mass is 10.2. The van der Waals surface area contributed by atoms with Crippen molar-refractivity contribution in [2.75, 3.05) is 17.6 Å². The zero-order valence-electron chi connectivity index (χ0n) is 10.5. The highest BCUT2D eigenvalue weighted by Gasteiger charge is 2.30. The third-order valence-electron chi connectivity index (χ3n) is 2.57. The summed E-state index contributed by atoms with van der Waals surface area (Å²) in [4.78, 5) is 11.9. The van der Waals surface area contributed by atoms with E-state index in [1.54, 1.807) is 11.8 Å². The van der Waals surface area contributed by atoms with Gasteiger partial charge in [0.25, 0.3) is 5.91 Å². The summed E-state index contributed by atoms with van der Waals surface area (Å²) in [6.45, 7) is 2.50. The molecule has 1 aromatic rings. The Morgan fingerprint density at radius 1 is 1.58 bits per heavy atom. The summed E-state index contributed by atoms with van der Waals surface area (Å²) >= 11 is 2.98. The maximum atomic E-state index is 11.9. The minimum Gasteiger partial charge on any atom is -0.364 e. The molecule has 2 rings (SSSR count). The lowest BCUT2D eigenvalue weighted by molar-refractivity contribution is -0.126. The molecule has 1 aromatic heterocycles. The van der Waals surface area contributed by atoms with Gasteiger partial charge in [-0.3, -0.25) is 10.1 Å². The lowest BCUT2D eigenvalue weighted by Gasteiger charge is -2.10. The van der Waals surface area contributed by atoms with Crippen molar-refractivity contribution in [3.05, 3.63) is 0 Å². The Kier molecular flexibility index (Phi) is 7.01. The number of nitrogens with one attached hydrogen (secondary N) is 1. The van der Waals surface area contributed by atoms with E-state index < -0.39 is 6.10 Å². The summed E-state index contributed by atoms with van der Waals surface area (Å²) in [5.41, 5.74) is 5.51. The van der Waals surface area contributed by atoms with E-state index in [4.69, 9.17) is 10.5 Å². The second kappa shape index (κ2) is 8.01. The molecule has 0 unspecified atom stereocenters. The second-order valence-electron chi connectivity index (χ2n) is 3.86. The molecule has 0 saturated carbocycles. The van der Waals surface area contributed by atoms with Gasteiger partial charge in [-0.15, -0.1) is 22.6 Å². The highest BCUT2D eigenvalue weighted by atomic mass is 35.5. The Bertz CT molecular complexity index is 418. The topological polar surface area (TPSA) is 90.1 Å². The first-order valence-electron chi connectivity index (χ1n) is 5.85. The fourth-order valence-corrected chi connectivity index (χ4v) is 3.35. The van der Waals surface area contributed by atoms with Crippen LogP contribution in [0.4, 0.5) is 5.13 Å². The summed E-state index contributed by atoms with van der Waals surface area (Å²) < 4.78 is 6.37. The number of ether oxygens (including phenoxy) is 1. The van der Waals surface area contributed by atoms with Crippen LogP contribution in [0.25, 0.3) is 0 Å². The third-order valence-corrected chi connectivity index (χ3v) is 4.42. The van der Waals surface area contributed by atoms with E-state index in [0.717, 1.165) is 16.5 Å². The summed E-state index contributed by atoms with van der Waals surface area (Å²) in [6.07, 6.45) is 1.14. The number of halogens is 1. The van der Waals surface area contributed by atoms with Crippen LogP contribution in [0.3, 0.4) is 0 Å². The quantitative estimate of drug-likeness (QED) is 0.630. The van der Waals surface area contributed by atoms with Crippen molar-refractivity contribution in [2.24, 2.45) is 5.73 Å². The van der Waals surface area contributed by atoms with Gasteiger partial charge in [0.15, 0.2) is 4.34 Å². The number of amides is 1. The molecule has 1 amide bonds. The average molecular weight is 325 g/mol. The van der Waals surface area contributed by atoms with Crippen molar-refractivity contribution in [1.82, 2.24) is 10.2 Å². The molecule has 108 valence electrons. The highest BCUT2D eigenvalue weighted by molar-refractivity contribution is 8.01. The molecule has 0 aromatic carbocycles. The second-order valence-corrected chi connectivity index (χ2v) is 6.34. The summed E-state index contributed by atoms with van der Waals surface area (Å²) in [7, 11) is 0. The standard InChI is InChI=1S/C10H16N4O2S2.ClH/c1-2-17-10-14-13-9(18-10)12-8(15)7-4-3-6(5-11)16-7;/h6-7H,2-5,11H2,1H3,(H,12,13,15);1H/t6-,7+;/m1./s1. The van der Waals surface area contributed by atoms with Gasteiger partial charge in [0.05, 0.1) is 6.10 Å². The lowest BCUT2D eigenvalue weighted by Crippen LogP contribution is -2.29. The number of aromatic nitrogens is 2. The molecule has 1 aliphatic heterocycles. The Morgan fingerprint density at radius 2 is 2.37 bits per heavy atom. The largest absolute Gasteiger partial charge is 0.364 e. The molecule has 9 heteroatoms. The molecular formula is C10H17ClN4O2S2. The minimum atomic E-state index is -0.412. The average Bonchev–Trinajstić information content (AvgIpc) is 2.98. The van der Waals surface area contributed by atoms with Gasteiger partial charge < -0.3 is 10.5 Å². The van der Waals surface area contributed by atoms with E-state index in [-0.39, 0.29) is 24.4 Å². The SMILES string of the molecule is CCSc1nnc(NC(=O)[C@@H]2CC[C@H](CN)O2)s1.Cl. The first-order valence-corrected chi connectivity index (χ1v) is 7.65. The van der Waals surface area contributed by atoms with E-state index in [1.807, 2.05) is 6.92 Å². The molecule has 2 heterocycles. The van der Waals surface area contributed by atoms with Crippen molar-refractivity contribution in [3.63, 3.8) is 0 Å². The summed E-state index contributed by atoms with van der Waals surface area (Å²) in [5.74, 6) is 0.780. The Labute approximate surface area is 126 Å². The fraction of sp³-hybridized carbons (Fsp3) is 0.700. The van der Waals surface area contributed by atoms with Crippen molar-refractivity contribution >= 4 is 46.5 Å². The maximum absolute atomic E-state index is 11.9. The molecule has 0 aliphatic carbocycles. The molecule has 19 heavy (non-hydrogen) atoms. The van der Waals surface area contributed by atoms with E-state index in [2.05, 4.69) is 15.5 Å². The van der Waals surface area contributed by atoms with Gasteiger partial charge in [-0.1, -0.05) is 30.0 Å². The van der Waals surface area contributed by atoms with Crippen LogP contribution in [-0.2, 0) is 9.53 Å². The van der Waals surface area contributed by atoms with Gasteiger partial charge in [-0.2, -0.15) is 0 Å². The van der Waals surface area contributed by atoms with E-state index in [1.165, 1.54) is 11.3 Å². The van der Waals surface area contributed by atoms with Crippen molar-refractivity contribution in [3.8, 4) is 0 Å². The van der Waals surface area contributed by atoms with Crippen LogP contribution in [0, 0.1) is 0 Å². The van der Waals surface area contributed by atoms with E-state index >= 15 is 0 Å². The van der Waals surface area contributed by atoms with Gasteiger partial charge in [0.2, 0.25) is 5.13 Å². The first kappa shape index (κ1) is 16.6. The number of carbonyl (C=O) groups excluding carboxylic acids is 1. The number of nitrogens with zero attached hydrogens (tertiary/aromatic N) is 2. The minimum absolute atomic E-state index is 0. The van der Waals surface area contributed by atoms with Crippen LogP contribution >= 0.6 is 35.5 Å². The zero-order chi connectivity index (χ0) is 13.0. The Morgan fingerprint density at radius 3 is 3.00 bits per heavy atom. The fourth-order valence-electron chi connectivity index (χ4n) is 1.70. The molecule has 3 N–H and O–H groups in total. The van der Waals surface area contributed by atoms with Crippen LogP contribution < -0.4 is 11.1 Å². The number of anilines is 1. The molecule has 1 aliphatic rings. The number of rotatable bonds is 5. The van der Waals surface area contributed by atoms with Crippen LogP contribution in [-0.4, -0.2) is 40.6 Å². The molecule has 2 atom stereocenters.